The molecule has 2 aromatic carbocycles. The van der Waals surface area contributed by atoms with Crippen LogP contribution in [0.2, 0.25) is 0 Å². The summed E-state index contributed by atoms with van der Waals surface area (Å²) in [6.07, 6.45) is 0.938. The van der Waals surface area contributed by atoms with Crippen molar-refractivity contribution in [2.45, 2.75) is 20.3 Å². The molecule has 23 heavy (non-hydrogen) atoms. The molecule has 0 unspecified atom stereocenters. The normalized spacial score (nSPS) is 10.2. The number of aryl methyl sites for hydroxylation is 1. The minimum absolute atomic E-state index is 0.155. The number of anilines is 1. The van der Waals surface area contributed by atoms with Crippen molar-refractivity contribution in [2.75, 3.05) is 18.5 Å². The van der Waals surface area contributed by atoms with Crippen LogP contribution in [0.15, 0.2) is 42.5 Å². The van der Waals surface area contributed by atoms with Gasteiger partial charge in [0.2, 0.25) is 0 Å². The second-order valence-corrected chi connectivity index (χ2v) is 5.14. The van der Waals surface area contributed by atoms with Crippen LogP contribution in [0.5, 0.6) is 11.5 Å². The Labute approximate surface area is 135 Å². The molecule has 4 nitrogen and oxygen atoms in total. The molecule has 122 valence electrons. The minimum atomic E-state index is -0.471. The van der Waals surface area contributed by atoms with Crippen LogP contribution in [0.3, 0.4) is 0 Å². The molecule has 1 amide bonds. The fourth-order valence-electron chi connectivity index (χ4n) is 1.92. The summed E-state index contributed by atoms with van der Waals surface area (Å²) < 4.78 is 24.4. The fourth-order valence-corrected chi connectivity index (χ4v) is 1.92. The number of nitrogens with one attached hydrogen (secondary N) is 1. The second kappa shape index (κ2) is 8.17. The van der Waals surface area contributed by atoms with E-state index in [1.54, 1.807) is 36.4 Å². The van der Waals surface area contributed by atoms with Gasteiger partial charge in [0.15, 0.2) is 6.61 Å². The number of hydrogen-bond donors (Lipinski definition) is 1. The standard InChI is InChI=1S/C18H20FNO3/c1-3-10-22-14-5-7-15(8-6-14)23-12-18(21)20-17-11-13(2)4-9-16(17)19/h4-9,11H,3,10,12H2,1-2H3,(H,20,21). The predicted octanol–water partition coefficient (Wildman–Crippen LogP) is 3.94. The first-order chi connectivity index (χ1) is 11.1. The Kier molecular flexibility index (Phi) is 5.97. The zero-order valence-corrected chi connectivity index (χ0v) is 13.3. The van der Waals surface area contributed by atoms with Gasteiger partial charge >= 0.3 is 0 Å². The van der Waals surface area contributed by atoms with Gasteiger partial charge in [-0.25, -0.2) is 4.39 Å². The molecule has 0 spiro atoms. The molecule has 0 saturated heterocycles. The zero-order chi connectivity index (χ0) is 16.7. The van der Waals surface area contributed by atoms with Crippen LogP contribution in [-0.2, 0) is 4.79 Å². The summed E-state index contributed by atoms with van der Waals surface area (Å²) in [5, 5.41) is 2.50. The highest BCUT2D eigenvalue weighted by Crippen LogP contribution is 2.18. The van der Waals surface area contributed by atoms with Gasteiger partial charge < -0.3 is 14.8 Å². The molecule has 0 saturated carbocycles. The summed E-state index contributed by atoms with van der Waals surface area (Å²) in [5.41, 5.74) is 1.02. The Hall–Kier alpha value is -2.56. The molecule has 0 aliphatic rings. The highest BCUT2D eigenvalue weighted by molar-refractivity contribution is 5.92. The largest absolute Gasteiger partial charge is 0.494 e. The van der Waals surface area contributed by atoms with E-state index >= 15 is 0 Å². The molecule has 2 rings (SSSR count). The number of ether oxygens (including phenoxy) is 2. The lowest BCUT2D eigenvalue weighted by Crippen LogP contribution is -2.20. The molecule has 0 fully saturated rings. The Morgan fingerprint density at radius 3 is 2.39 bits per heavy atom. The van der Waals surface area contributed by atoms with E-state index in [4.69, 9.17) is 9.47 Å². The SMILES string of the molecule is CCCOc1ccc(OCC(=O)Nc2cc(C)ccc2F)cc1. The van der Waals surface area contributed by atoms with E-state index in [-0.39, 0.29) is 12.3 Å². The van der Waals surface area contributed by atoms with Gasteiger partial charge in [0.25, 0.3) is 5.91 Å². The van der Waals surface area contributed by atoms with Crippen molar-refractivity contribution < 1.29 is 18.7 Å². The molecule has 0 bridgehead atoms. The van der Waals surface area contributed by atoms with Crippen molar-refractivity contribution in [3.8, 4) is 11.5 Å². The van der Waals surface area contributed by atoms with Crippen LogP contribution >= 0.6 is 0 Å². The smallest absolute Gasteiger partial charge is 0.262 e. The van der Waals surface area contributed by atoms with E-state index in [1.165, 1.54) is 6.07 Å². The molecular weight excluding hydrogens is 297 g/mol. The van der Waals surface area contributed by atoms with Gasteiger partial charge in [-0.3, -0.25) is 4.79 Å². The van der Waals surface area contributed by atoms with Gasteiger partial charge in [0, 0.05) is 0 Å². The number of amides is 1. The van der Waals surface area contributed by atoms with E-state index in [1.807, 2.05) is 13.8 Å². The molecular formula is C18H20FNO3. The van der Waals surface area contributed by atoms with Crippen LogP contribution in [-0.4, -0.2) is 19.1 Å². The lowest BCUT2D eigenvalue weighted by Gasteiger charge is -2.10. The van der Waals surface area contributed by atoms with Crippen LogP contribution < -0.4 is 14.8 Å². The summed E-state index contributed by atoms with van der Waals surface area (Å²) >= 11 is 0. The number of hydrogen-bond acceptors (Lipinski definition) is 3. The summed E-state index contributed by atoms with van der Waals surface area (Å²) in [5.74, 6) is 0.418. The van der Waals surface area contributed by atoms with Crippen LogP contribution in [0.25, 0.3) is 0 Å². The van der Waals surface area contributed by atoms with Gasteiger partial charge in [-0.05, 0) is 55.3 Å². The predicted molar refractivity (Wildman–Crippen MR) is 87.5 cm³/mol. The van der Waals surface area contributed by atoms with Crippen LogP contribution in [0.1, 0.15) is 18.9 Å². The maximum atomic E-state index is 13.6. The fraction of sp³-hybridized carbons (Fsp3) is 0.278. The molecule has 0 aliphatic carbocycles. The summed E-state index contributed by atoms with van der Waals surface area (Å²) in [6.45, 7) is 4.33. The number of carbonyl (C=O) groups excluding carboxylic acids is 1. The van der Waals surface area contributed by atoms with Crippen molar-refractivity contribution in [3.05, 3.63) is 53.8 Å². The molecule has 1 N–H and O–H groups in total. The summed E-state index contributed by atoms with van der Waals surface area (Å²) in [6, 6.07) is 11.6. The van der Waals surface area contributed by atoms with Crippen molar-refractivity contribution in [1.29, 1.82) is 0 Å². The van der Waals surface area contributed by atoms with E-state index in [2.05, 4.69) is 5.32 Å². The van der Waals surface area contributed by atoms with Crippen molar-refractivity contribution >= 4 is 11.6 Å². The van der Waals surface area contributed by atoms with Crippen molar-refractivity contribution in [1.82, 2.24) is 0 Å². The monoisotopic (exact) mass is 317 g/mol. The third-order valence-corrected chi connectivity index (χ3v) is 3.06. The third-order valence-electron chi connectivity index (χ3n) is 3.06. The molecule has 0 radical (unpaired) electrons. The van der Waals surface area contributed by atoms with Crippen molar-refractivity contribution in [2.24, 2.45) is 0 Å². The first-order valence-corrected chi connectivity index (χ1v) is 7.50. The third kappa shape index (κ3) is 5.29. The lowest BCUT2D eigenvalue weighted by atomic mass is 10.2. The average Bonchev–Trinajstić information content (AvgIpc) is 2.55. The van der Waals surface area contributed by atoms with Gasteiger partial charge in [-0.1, -0.05) is 13.0 Å². The Morgan fingerprint density at radius 2 is 1.74 bits per heavy atom. The maximum Gasteiger partial charge on any atom is 0.262 e. The van der Waals surface area contributed by atoms with Gasteiger partial charge in [-0.15, -0.1) is 0 Å². The second-order valence-electron chi connectivity index (χ2n) is 5.14. The number of halogens is 1. The summed E-state index contributed by atoms with van der Waals surface area (Å²) in [4.78, 5) is 11.8. The topological polar surface area (TPSA) is 47.6 Å². The highest BCUT2D eigenvalue weighted by Gasteiger charge is 2.08. The quantitative estimate of drug-likeness (QED) is 0.841. The van der Waals surface area contributed by atoms with E-state index in [9.17, 15) is 9.18 Å². The Morgan fingerprint density at radius 1 is 1.09 bits per heavy atom. The molecule has 2 aromatic rings. The molecule has 0 atom stereocenters. The lowest BCUT2D eigenvalue weighted by molar-refractivity contribution is -0.118. The van der Waals surface area contributed by atoms with Gasteiger partial charge in [0.05, 0.1) is 12.3 Å². The maximum absolute atomic E-state index is 13.6. The molecule has 0 aromatic heterocycles. The summed E-state index contributed by atoms with van der Waals surface area (Å²) in [7, 11) is 0. The van der Waals surface area contributed by atoms with Crippen LogP contribution in [0, 0.1) is 12.7 Å². The van der Waals surface area contributed by atoms with Crippen LogP contribution in [0.4, 0.5) is 10.1 Å². The molecule has 0 heterocycles. The average molecular weight is 317 g/mol. The highest BCUT2D eigenvalue weighted by atomic mass is 19.1. The van der Waals surface area contributed by atoms with E-state index < -0.39 is 11.7 Å². The minimum Gasteiger partial charge on any atom is -0.494 e. The molecule has 0 aliphatic heterocycles. The van der Waals surface area contributed by atoms with Gasteiger partial charge in [-0.2, -0.15) is 0 Å². The number of rotatable bonds is 7. The van der Waals surface area contributed by atoms with Gasteiger partial charge in [0.1, 0.15) is 17.3 Å². The zero-order valence-electron chi connectivity index (χ0n) is 13.3. The Bertz CT molecular complexity index is 656. The molecule has 5 heteroatoms. The van der Waals surface area contributed by atoms with E-state index in [0.717, 1.165) is 17.7 Å². The number of carbonyl (C=O) groups is 1. The first-order valence-electron chi connectivity index (χ1n) is 7.50. The Balaban J connectivity index is 1.85. The first kappa shape index (κ1) is 16.8. The number of benzene rings is 2. The van der Waals surface area contributed by atoms with E-state index in [0.29, 0.717) is 12.4 Å². The van der Waals surface area contributed by atoms with Crippen molar-refractivity contribution in [3.63, 3.8) is 0 Å².